The predicted octanol–water partition coefficient (Wildman–Crippen LogP) is 2.59. The zero-order valence-corrected chi connectivity index (χ0v) is 8.71. The smallest absolute Gasteiger partial charge is 0.153 e. The van der Waals surface area contributed by atoms with Crippen LogP contribution in [0.15, 0.2) is 54.6 Å². The van der Waals surface area contributed by atoms with Gasteiger partial charge in [0.1, 0.15) is 6.10 Å². The van der Waals surface area contributed by atoms with E-state index in [1.807, 2.05) is 42.5 Å². The highest BCUT2D eigenvalue weighted by Crippen LogP contribution is 2.21. The number of hydrogen-bond donors (Lipinski definition) is 1. The molecule has 2 heteroatoms. The van der Waals surface area contributed by atoms with Gasteiger partial charge >= 0.3 is 0 Å². The van der Waals surface area contributed by atoms with Gasteiger partial charge in [0.15, 0.2) is 6.29 Å². The van der Waals surface area contributed by atoms with Gasteiger partial charge in [-0.25, -0.2) is 0 Å². The number of rotatable bonds is 3. The highest BCUT2D eigenvalue weighted by Gasteiger charge is 2.05. The average Bonchev–Trinajstić information content (AvgIpc) is 2.39. The van der Waals surface area contributed by atoms with E-state index in [1.54, 1.807) is 12.1 Å². The van der Waals surface area contributed by atoms with Crippen molar-refractivity contribution in [2.24, 2.45) is 0 Å². The first-order valence-electron chi connectivity index (χ1n) is 5.10. The first-order chi connectivity index (χ1) is 7.81. The Morgan fingerprint density at radius 2 is 1.44 bits per heavy atom. The van der Waals surface area contributed by atoms with Crippen LogP contribution in [-0.4, -0.2) is 11.4 Å². The standard InChI is InChI=1S/C14H12O2/c15-10-14(16)13-8-6-12(7-9-13)11-4-2-1-3-5-11/h1-10,14,16H. The molecule has 0 saturated carbocycles. The fourth-order valence-corrected chi connectivity index (χ4v) is 1.58. The van der Waals surface area contributed by atoms with Gasteiger partial charge in [0.25, 0.3) is 0 Å². The number of aldehydes is 1. The predicted molar refractivity (Wildman–Crippen MR) is 62.9 cm³/mol. The monoisotopic (exact) mass is 212 g/mol. The van der Waals surface area contributed by atoms with Crippen LogP contribution >= 0.6 is 0 Å². The van der Waals surface area contributed by atoms with Crippen molar-refractivity contribution >= 4 is 6.29 Å². The van der Waals surface area contributed by atoms with Crippen molar-refractivity contribution in [3.8, 4) is 11.1 Å². The summed E-state index contributed by atoms with van der Waals surface area (Å²) >= 11 is 0. The second-order valence-electron chi connectivity index (χ2n) is 3.57. The van der Waals surface area contributed by atoms with Crippen LogP contribution < -0.4 is 0 Å². The Balaban J connectivity index is 2.30. The summed E-state index contributed by atoms with van der Waals surface area (Å²) in [6.07, 6.45) is -0.498. The molecule has 0 aliphatic heterocycles. The highest BCUT2D eigenvalue weighted by molar-refractivity contribution is 5.65. The van der Waals surface area contributed by atoms with Crippen LogP contribution in [0.4, 0.5) is 0 Å². The van der Waals surface area contributed by atoms with Gasteiger partial charge in [-0.15, -0.1) is 0 Å². The van der Waals surface area contributed by atoms with Crippen molar-refractivity contribution in [1.29, 1.82) is 0 Å². The SMILES string of the molecule is O=CC(O)c1ccc(-c2ccccc2)cc1. The third-order valence-corrected chi connectivity index (χ3v) is 2.49. The highest BCUT2D eigenvalue weighted by atomic mass is 16.3. The molecule has 1 atom stereocenters. The van der Waals surface area contributed by atoms with Gasteiger partial charge in [-0.2, -0.15) is 0 Å². The van der Waals surface area contributed by atoms with Crippen molar-refractivity contribution < 1.29 is 9.90 Å². The van der Waals surface area contributed by atoms with Gasteiger partial charge in [0.05, 0.1) is 0 Å². The van der Waals surface area contributed by atoms with Crippen LogP contribution in [0.2, 0.25) is 0 Å². The summed E-state index contributed by atoms with van der Waals surface area (Å²) in [6, 6.07) is 17.3. The summed E-state index contributed by atoms with van der Waals surface area (Å²) in [4.78, 5) is 10.4. The van der Waals surface area contributed by atoms with E-state index in [0.29, 0.717) is 11.8 Å². The van der Waals surface area contributed by atoms with E-state index in [1.165, 1.54) is 0 Å². The van der Waals surface area contributed by atoms with Crippen molar-refractivity contribution in [3.05, 3.63) is 60.2 Å². The number of carbonyl (C=O) groups excluding carboxylic acids is 1. The van der Waals surface area contributed by atoms with Gasteiger partial charge in [0, 0.05) is 0 Å². The van der Waals surface area contributed by atoms with Crippen LogP contribution in [0.1, 0.15) is 11.7 Å². The van der Waals surface area contributed by atoms with E-state index in [-0.39, 0.29) is 0 Å². The lowest BCUT2D eigenvalue weighted by atomic mass is 10.0. The van der Waals surface area contributed by atoms with Crippen molar-refractivity contribution in [2.75, 3.05) is 0 Å². The van der Waals surface area contributed by atoms with Crippen LogP contribution in [0.5, 0.6) is 0 Å². The Morgan fingerprint density at radius 3 is 2.00 bits per heavy atom. The molecule has 1 N–H and O–H groups in total. The minimum Gasteiger partial charge on any atom is -0.381 e. The zero-order valence-electron chi connectivity index (χ0n) is 8.71. The van der Waals surface area contributed by atoms with Crippen molar-refractivity contribution in [1.82, 2.24) is 0 Å². The van der Waals surface area contributed by atoms with E-state index < -0.39 is 6.10 Å². The summed E-state index contributed by atoms with van der Waals surface area (Å²) in [6.45, 7) is 0. The molecule has 0 heterocycles. The normalized spacial score (nSPS) is 12.1. The molecule has 1 unspecified atom stereocenters. The van der Waals surface area contributed by atoms with E-state index in [9.17, 15) is 9.90 Å². The maximum atomic E-state index is 10.4. The maximum Gasteiger partial charge on any atom is 0.153 e. The van der Waals surface area contributed by atoms with E-state index in [4.69, 9.17) is 0 Å². The number of aliphatic hydroxyl groups is 1. The van der Waals surface area contributed by atoms with Crippen LogP contribution in [0.25, 0.3) is 11.1 Å². The molecular formula is C14H12O2. The summed E-state index contributed by atoms with van der Waals surface area (Å²) < 4.78 is 0. The maximum absolute atomic E-state index is 10.4. The molecule has 80 valence electrons. The van der Waals surface area contributed by atoms with Gasteiger partial charge in [-0.05, 0) is 16.7 Å². The molecule has 0 radical (unpaired) electrons. The fourth-order valence-electron chi connectivity index (χ4n) is 1.58. The molecule has 2 rings (SSSR count). The molecule has 0 aliphatic rings. The van der Waals surface area contributed by atoms with Crippen LogP contribution in [0, 0.1) is 0 Å². The molecule has 2 nitrogen and oxygen atoms in total. The van der Waals surface area contributed by atoms with Crippen molar-refractivity contribution in [2.45, 2.75) is 6.10 Å². The second kappa shape index (κ2) is 4.73. The molecule has 0 spiro atoms. The minimum atomic E-state index is -1.02. The van der Waals surface area contributed by atoms with Crippen LogP contribution in [0.3, 0.4) is 0 Å². The average molecular weight is 212 g/mol. The first-order valence-corrected chi connectivity index (χ1v) is 5.10. The van der Waals surface area contributed by atoms with Crippen LogP contribution in [-0.2, 0) is 4.79 Å². The van der Waals surface area contributed by atoms with Gasteiger partial charge in [-0.1, -0.05) is 54.6 Å². The first kappa shape index (κ1) is 10.6. The lowest BCUT2D eigenvalue weighted by Gasteiger charge is -2.05. The van der Waals surface area contributed by atoms with E-state index in [2.05, 4.69) is 0 Å². The summed E-state index contributed by atoms with van der Waals surface area (Å²) in [7, 11) is 0. The largest absolute Gasteiger partial charge is 0.381 e. The number of benzene rings is 2. The third kappa shape index (κ3) is 2.18. The number of carbonyl (C=O) groups is 1. The topological polar surface area (TPSA) is 37.3 Å². The number of aliphatic hydroxyl groups excluding tert-OH is 1. The molecule has 16 heavy (non-hydrogen) atoms. The summed E-state index contributed by atoms with van der Waals surface area (Å²) in [5.74, 6) is 0. The quantitative estimate of drug-likeness (QED) is 0.794. The Hall–Kier alpha value is -1.93. The summed E-state index contributed by atoms with van der Waals surface area (Å²) in [5, 5.41) is 9.32. The third-order valence-electron chi connectivity index (χ3n) is 2.49. The zero-order chi connectivity index (χ0) is 11.4. The molecule has 2 aromatic carbocycles. The lowest BCUT2D eigenvalue weighted by molar-refractivity contribution is -0.115. The fraction of sp³-hybridized carbons (Fsp3) is 0.0714. The van der Waals surface area contributed by atoms with Crippen molar-refractivity contribution in [3.63, 3.8) is 0 Å². The molecule has 0 amide bonds. The van der Waals surface area contributed by atoms with E-state index in [0.717, 1.165) is 11.1 Å². The molecule has 0 aliphatic carbocycles. The molecular weight excluding hydrogens is 200 g/mol. The Labute approximate surface area is 94.2 Å². The van der Waals surface area contributed by atoms with Gasteiger partial charge < -0.3 is 9.90 Å². The van der Waals surface area contributed by atoms with Gasteiger partial charge in [-0.3, -0.25) is 0 Å². The lowest BCUT2D eigenvalue weighted by Crippen LogP contribution is -1.97. The Bertz CT molecular complexity index is 460. The second-order valence-corrected chi connectivity index (χ2v) is 3.57. The van der Waals surface area contributed by atoms with E-state index >= 15 is 0 Å². The van der Waals surface area contributed by atoms with Gasteiger partial charge in [0.2, 0.25) is 0 Å². The summed E-state index contributed by atoms with van der Waals surface area (Å²) in [5.41, 5.74) is 2.81. The number of hydrogen-bond acceptors (Lipinski definition) is 2. The Morgan fingerprint density at radius 1 is 0.875 bits per heavy atom. The molecule has 0 bridgehead atoms. The Kier molecular flexibility index (Phi) is 3.13. The molecule has 2 aromatic rings. The molecule has 0 fully saturated rings. The molecule has 0 saturated heterocycles. The molecule has 0 aromatic heterocycles. The minimum absolute atomic E-state index is 0.525.